The fourth-order valence-electron chi connectivity index (χ4n) is 1.34. The number of Topliss-reactive ketones (excluding diaryl/α,β-unsaturated/α-hetero) is 1. The van der Waals surface area contributed by atoms with Gasteiger partial charge in [-0.3, -0.25) is 9.69 Å². The van der Waals surface area contributed by atoms with Crippen molar-refractivity contribution >= 4 is 17.5 Å². The average Bonchev–Trinajstić information content (AvgIpc) is 2.26. The van der Waals surface area contributed by atoms with E-state index in [4.69, 9.17) is 0 Å². The highest BCUT2D eigenvalue weighted by Crippen LogP contribution is 2.07. The molecule has 16 heavy (non-hydrogen) atoms. The van der Waals surface area contributed by atoms with Crippen LogP contribution in [0.2, 0.25) is 0 Å². The zero-order valence-electron chi connectivity index (χ0n) is 9.57. The number of carbonyl (C=O) groups excluding carboxylic acids is 1. The molecule has 0 aromatic heterocycles. The van der Waals surface area contributed by atoms with Crippen molar-refractivity contribution in [2.45, 2.75) is 0 Å². The van der Waals surface area contributed by atoms with Gasteiger partial charge in [0.05, 0.1) is 12.1 Å². The van der Waals surface area contributed by atoms with Crippen molar-refractivity contribution < 1.29 is 9.18 Å². The van der Waals surface area contributed by atoms with Crippen LogP contribution in [-0.2, 0) is 0 Å². The van der Waals surface area contributed by atoms with Crippen molar-refractivity contribution in [2.75, 3.05) is 32.1 Å². The van der Waals surface area contributed by atoms with Gasteiger partial charge >= 0.3 is 0 Å². The molecule has 1 rings (SSSR count). The summed E-state index contributed by atoms with van der Waals surface area (Å²) in [5, 5.41) is 0. The highest BCUT2D eigenvalue weighted by atomic mass is 32.2. The molecule has 0 N–H and O–H groups in total. The molecule has 0 unspecified atom stereocenters. The Morgan fingerprint density at radius 3 is 2.75 bits per heavy atom. The number of ketones is 1. The molecule has 0 aliphatic rings. The molecule has 0 spiro atoms. The van der Waals surface area contributed by atoms with Crippen LogP contribution in [0.1, 0.15) is 10.4 Å². The second kappa shape index (κ2) is 6.66. The Morgan fingerprint density at radius 1 is 1.44 bits per heavy atom. The number of hydrogen-bond donors (Lipinski definition) is 0. The van der Waals surface area contributed by atoms with Crippen LogP contribution in [0, 0.1) is 5.82 Å². The number of hydrogen-bond acceptors (Lipinski definition) is 3. The summed E-state index contributed by atoms with van der Waals surface area (Å²) in [4.78, 5) is 13.7. The average molecular weight is 241 g/mol. The number of thioether (sulfide) groups is 1. The lowest BCUT2D eigenvalue weighted by Crippen LogP contribution is -2.28. The summed E-state index contributed by atoms with van der Waals surface area (Å²) in [6.07, 6.45) is 2.02. The molecule has 0 radical (unpaired) electrons. The number of halogens is 1. The first-order valence-corrected chi connectivity index (χ1v) is 6.49. The van der Waals surface area contributed by atoms with Gasteiger partial charge in [-0.2, -0.15) is 11.8 Å². The molecular weight excluding hydrogens is 225 g/mol. The normalized spacial score (nSPS) is 10.8. The zero-order chi connectivity index (χ0) is 12.0. The molecule has 0 fully saturated rings. The van der Waals surface area contributed by atoms with Crippen LogP contribution in [0.4, 0.5) is 4.39 Å². The Bertz CT molecular complexity index is 357. The summed E-state index contributed by atoms with van der Waals surface area (Å²) in [6, 6.07) is 6.11. The summed E-state index contributed by atoms with van der Waals surface area (Å²) < 4.78 is 13.3. The Kier molecular flexibility index (Phi) is 5.49. The summed E-state index contributed by atoms with van der Waals surface area (Å²) in [7, 11) is 1.87. The van der Waals surface area contributed by atoms with Crippen LogP contribution in [0.3, 0.4) is 0 Å². The third kappa shape index (κ3) is 3.94. The van der Waals surface area contributed by atoms with Gasteiger partial charge in [-0.25, -0.2) is 4.39 Å². The van der Waals surface area contributed by atoms with Crippen LogP contribution >= 0.6 is 11.8 Å². The number of likely N-dealkylation sites (N-methyl/N-ethyl adjacent to an activating group) is 1. The van der Waals surface area contributed by atoms with Crippen LogP contribution in [-0.4, -0.2) is 42.8 Å². The van der Waals surface area contributed by atoms with E-state index in [0.717, 1.165) is 12.3 Å². The Balaban J connectivity index is 2.56. The minimum absolute atomic E-state index is 0.165. The lowest BCUT2D eigenvalue weighted by atomic mass is 10.1. The van der Waals surface area contributed by atoms with Crippen molar-refractivity contribution in [3.05, 3.63) is 35.6 Å². The van der Waals surface area contributed by atoms with E-state index in [0.29, 0.717) is 0 Å². The highest BCUT2D eigenvalue weighted by Gasteiger charge is 2.12. The zero-order valence-corrected chi connectivity index (χ0v) is 10.4. The number of carbonyl (C=O) groups is 1. The molecular formula is C12H16FNOS. The number of nitrogens with zero attached hydrogens (tertiary/aromatic N) is 1. The van der Waals surface area contributed by atoms with Gasteiger partial charge in [0.25, 0.3) is 0 Å². The summed E-state index contributed by atoms with van der Waals surface area (Å²) in [5.74, 6) is 0.369. The summed E-state index contributed by atoms with van der Waals surface area (Å²) >= 11 is 1.73. The van der Waals surface area contributed by atoms with Gasteiger partial charge in [0.2, 0.25) is 0 Å². The van der Waals surface area contributed by atoms with E-state index < -0.39 is 5.82 Å². The minimum atomic E-state index is -0.439. The van der Waals surface area contributed by atoms with Gasteiger partial charge in [-0.1, -0.05) is 12.1 Å². The van der Waals surface area contributed by atoms with Crippen LogP contribution in [0.15, 0.2) is 24.3 Å². The molecule has 0 aliphatic heterocycles. The standard InChI is InChI=1S/C12H16FNOS/c1-14(7-8-16-2)9-12(15)10-5-3-4-6-11(10)13/h3-6H,7-9H2,1-2H3. The van der Waals surface area contributed by atoms with Gasteiger partial charge in [-0.15, -0.1) is 0 Å². The molecule has 1 aromatic rings. The SMILES string of the molecule is CSCCN(C)CC(=O)c1ccccc1F. The fraction of sp³-hybridized carbons (Fsp3) is 0.417. The quantitative estimate of drug-likeness (QED) is 0.713. The number of benzene rings is 1. The van der Waals surface area contributed by atoms with Crippen molar-refractivity contribution in [1.29, 1.82) is 0 Å². The van der Waals surface area contributed by atoms with Crippen molar-refractivity contribution in [2.24, 2.45) is 0 Å². The van der Waals surface area contributed by atoms with E-state index in [-0.39, 0.29) is 17.9 Å². The fourth-order valence-corrected chi connectivity index (χ4v) is 1.84. The Labute approximate surface area is 99.8 Å². The second-order valence-electron chi connectivity index (χ2n) is 3.63. The molecule has 0 saturated heterocycles. The maximum Gasteiger partial charge on any atom is 0.179 e. The third-order valence-corrected chi connectivity index (χ3v) is 2.86. The van der Waals surface area contributed by atoms with Crippen molar-refractivity contribution in [3.63, 3.8) is 0 Å². The largest absolute Gasteiger partial charge is 0.298 e. The Morgan fingerprint density at radius 2 is 2.12 bits per heavy atom. The van der Waals surface area contributed by atoms with Crippen molar-refractivity contribution in [3.8, 4) is 0 Å². The van der Waals surface area contributed by atoms with Gasteiger partial charge < -0.3 is 0 Å². The first-order valence-electron chi connectivity index (χ1n) is 5.10. The maximum atomic E-state index is 13.3. The monoisotopic (exact) mass is 241 g/mol. The maximum absolute atomic E-state index is 13.3. The number of rotatable bonds is 6. The molecule has 4 heteroatoms. The van der Waals surface area contributed by atoms with E-state index in [2.05, 4.69) is 0 Å². The van der Waals surface area contributed by atoms with E-state index in [1.54, 1.807) is 23.9 Å². The first kappa shape index (κ1) is 13.2. The smallest absolute Gasteiger partial charge is 0.179 e. The lowest BCUT2D eigenvalue weighted by molar-refractivity contribution is 0.0945. The summed E-state index contributed by atoms with van der Waals surface area (Å²) in [6.45, 7) is 1.10. The van der Waals surface area contributed by atoms with E-state index >= 15 is 0 Å². The molecule has 0 bridgehead atoms. The molecule has 0 amide bonds. The molecule has 1 aromatic carbocycles. The predicted octanol–water partition coefficient (Wildman–Crippen LogP) is 2.30. The molecule has 0 atom stereocenters. The second-order valence-corrected chi connectivity index (χ2v) is 4.62. The topological polar surface area (TPSA) is 20.3 Å². The molecule has 2 nitrogen and oxygen atoms in total. The van der Waals surface area contributed by atoms with E-state index in [1.807, 2.05) is 18.2 Å². The van der Waals surface area contributed by atoms with Crippen LogP contribution in [0.25, 0.3) is 0 Å². The minimum Gasteiger partial charge on any atom is -0.298 e. The molecule has 88 valence electrons. The van der Waals surface area contributed by atoms with Gasteiger partial charge in [-0.05, 0) is 25.4 Å². The molecule has 0 heterocycles. The van der Waals surface area contributed by atoms with Crippen LogP contribution in [0.5, 0.6) is 0 Å². The van der Waals surface area contributed by atoms with E-state index in [9.17, 15) is 9.18 Å². The third-order valence-electron chi connectivity index (χ3n) is 2.26. The lowest BCUT2D eigenvalue weighted by Gasteiger charge is -2.14. The Hall–Kier alpha value is -0.870. The van der Waals surface area contributed by atoms with E-state index in [1.165, 1.54) is 12.1 Å². The van der Waals surface area contributed by atoms with Gasteiger partial charge in [0.1, 0.15) is 5.82 Å². The summed E-state index contributed by atoms with van der Waals surface area (Å²) in [5.41, 5.74) is 0.179. The van der Waals surface area contributed by atoms with Gasteiger partial charge in [0.15, 0.2) is 5.78 Å². The molecule has 0 saturated carbocycles. The first-order chi connectivity index (χ1) is 7.65. The highest BCUT2D eigenvalue weighted by molar-refractivity contribution is 7.98. The van der Waals surface area contributed by atoms with Crippen molar-refractivity contribution in [1.82, 2.24) is 4.90 Å². The van der Waals surface area contributed by atoms with Gasteiger partial charge in [0, 0.05) is 12.3 Å². The molecule has 0 aliphatic carbocycles. The van der Waals surface area contributed by atoms with Crippen LogP contribution < -0.4 is 0 Å². The predicted molar refractivity (Wildman–Crippen MR) is 66.6 cm³/mol.